The van der Waals surface area contributed by atoms with Crippen LogP contribution in [0.15, 0.2) is 12.7 Å². The molecule has 0 aromatic carbocycles. The summed E-state index contributed by atoms with van der Waals surface area (Å²) < 4.78 is 2.17. The van der Waals surface area contributed by atoms with Gasteiger partial charge in [0, 0.05) is 25.7 Å². The van der Waals surface area contributed by atoms with Gasteiger partial charge in [0.1, 0.15) is 6.33 Å². The van der Waals surface area contributed by atoms with Gasteiger partial charge >= 0.3 is 0 Å². The predicted molar refractivity (Wildman–Crippen MR) is 109 cm³/mol. The van der Waals surface area contributed by atoms with Crippen molar-refractivity contribution < 1.29 is 5.11 Å². The molecule has 5 rings (SSSR count). The van der Waals surface area contributed by atoms with E-state index in [1.54, 1.807) is 6.33 Å². The summed E-state index contributed by atoms with van der Waals surface area (Å²) in [6, 6.07) is 0.291. The molecule has 2 aromatic rings. The minimum absolute atomic E-state index is 0.204. The fraction of sp³-hybridized carbons (Fsp3) is 0.762. The molecule has 0 amide bonds. The molecular formula is C21H32N6O. The zero-order valence-corrected chi connectivity index (χ0v) is 16.9. The molecule has 2 aromatic heterocycles. The van der Waals surface area contributed by atoms with Crippen LogP contribution >= 0.6 is 0 Å². The summed E-state index contributed by atoms with van der Waals surface area (Å²) in [5.74, 6) is 0.985. The van der Waals surface area contributed by atoms with Gasteiger partial charge in [0.05, 0.1) is 12.4 Å². The zero-order valence-electron chi connectivity index (χ0n) is 16.9. The number of hydrogen-bond acceptors (Lipinski definition) is 6. The van der Waals surface area contributed by atoms with Crippen LogP contribution < -0.4 is 4.90 Å². The van der Waals surface area contributed by atoms with E-state index < -0.39 is 0 Å². The van der Waals surface area contributed by atoms with Gasteiger partial charge in [-0.1, -0.05) is 0 Å². The van der Waals surface area contributed by atoms with Crippen molar-refractivity contribution in [3.8, 4) is 0 Å². The molecule has 2 unspecified atom stereocenters. The van der Waals surface area contributed by atoms with Gasteiger partial charge in [-0.05, 0) is 70.4 Å². The fourth-order valence-corrected chi connectivity index (χ4v) is 5.79. The summed E-state index contributed by atoms with van der Waals surface area (Å²) in [6.07, 6.45) is 12.4. The first kappa shape index (κ1) is 18.3. The van der Waals surface area contributed by atoms with Crippen LogP contribution in [-0.4, -0.2) is 68.9 Å². The molecule has 2 aliphatic heterocycles. The predicted octanol–water partition coefficient (Wildman–Crippen LogP) is 2.61. The van der Waals surface area contributed by atoms with Crippen LogP contribution in [0.1, 0.15) is 57.4 Å². The SMILES string of the molecule is CN1CCCC2(CCN(c3ncnc4c3ncn4C3CCCC(O)C3)CC2)C1. The van der Waals surface area contributed by atoms with Gasteiger partial charge in [-0.3, -0.25) is 0 Å². The van der Waals surface area contributed by atoms with Gasteiger partial charge in [0.2, 0.25) is 0 Å². The van der Waals surface area contributed by atoms with Crippen LogP contribution in [-0.2, 0) is 0 Å². The first-order chi connectivity index (χ1) is 13.6. The number of nitrogens with zero attached hydrogens (tertiary/aromatic N) is 6. The van der Waals surface area contributed by atoms with Crippen molar-refractivity contribution >= 4 is 17.0 Å². The van der Waals surface area contributed by atoms with Gasteiger partial charge in [-0.2, -0.15) is 0 Å². The standard InChI is InChI=1S/C21H32N6O/c1-25-9-3-6-21(13-25)7-10-26(11-8-21)19-18-20(23-14-22-19)27(15-24-18)16-4-2-5-17(28)12-16/h14-17,28H,2-13H2,1H3. The van der Waals surface area contributed by atoms with Gasteiger partial charge in [0.15, 0.2) is 17.0 Å². The Bertz CT molecular complexity index is 827. The van der Waals surface area contributed by atoms with Crippen LogP contribution in [0.25, 0.3) is 11.2 Å². The number of aliphatic hydroxyl groups excluding tert-OH is 1. The molecule has 1 spiro atoms. The van der Waals surface area contributed by atoms with Crippen LogP contribution in [0.5, 0.6) is 0 Å². The molecule has 28 heavy (non-hydrogen) atoms. The Balaban J connectivity index is 1.37. The Kier molecular flexibility index (Phi) is 4.75. The molecule has 4 heterocycles. The second-order valence-electron chi connectivity index (χ2n) is 9.32. The molecule has 3 fully saturated rings. The molecule has 3 aliphatic rings. The van der Waals surface area contributed by atoms with Crippen LogP contribution in [0, 0.1) is 5.41 Å². The van der Waals surface area contributed by atoms with Crippen molar-refractivity contribution in [3.05, 3.63) is 12.7 Å². The number of likely N-dealkylation sites (tertiary alicyclic amines) is 1. The third-order valence-electron chi connectivity index (χ3n) is 7.33. The second-order valence-corrected chi connectivity index (χ2v) is 9.32. The maximum Gasteiger partial charge on any atom is 0.165 e. The Hall–Kier alpha value is -1.73. The Morgan fingerprint density at radius 2 is 1.89 bits per heavy atom. The highest BCUT2D eigenvalue weighted by Crippen LogP contribution is 2.41. The summed E-state index contributed by atoms with van der Waals surface area (Å²) >= 11 is 0. The Morgan fingerprint density at radius 3 is 2.68 bits per heavy atom. The van der Waals surface area contributed by atoms with Gasteiger partial charge in [0.25, 0.3) is 0 Å². The highest BCUT2D eigenvalue weighted by atomic mass is 16.3. The molecule has 7 nitrogen and oxygen atoms in total. The Labute approximate surface area is 166 Å². The zero-order chi connectivity index (χ0) is 19.1. The average molecular weight is 385 g/mol. The Morgan fingerprint density at radius 1 is 1.04 bits per heavy atom. The molecule has 1 aliphatic carbocycles. The summed E-state index contributed by atoms with van der Waals surface area (Å²) in [5.41, 5.74) is 2.33. The lowest BCUT2D eigenvalue weighted by molar-refractivity contribution is 0.0820. The van der Waals surface area contributed by atoms with Crippen molar-refractivity contribution in [1.29, 1.82) is 0 Å². The van der Waals surface area contributed by atoms with E-state index in [-0.39, 0.29) is 6.10 Å². The number of aromatic nitrogens is 4. The average Bonchev–Trinajstić information content (AvgIpc) is 3.13. The molecule has 2 saturated heterocycles. The smallest absolute Gasteiger partial charge is 0.165 e. The van der Waals surface area contributed by atoms with E-state index in [1.165, 1.54) is 38.8 Å². The maximum absolute atomic E-state index is 10.1. The summed E-state index contributed by atoms with van der Waals surface area (Å²) in [6.45, 7) is 4.58. The van der Waals surface area contributed by atoms with Gasteiger partial charge in [-0.15, -0.1) is 0 Å². The molecule has 152 valence electrons. The molecule has 1 N–H and O–H groups in total. The number of anilines is 1. The van der Waals surface area contributed by atoms with E-state index in [2.05, 4.69) is 31.4 Å². The number of aliphatic hydroxyl groups is 1. The maximum atomic E-state index is 10.1. The molecule has 2 atom stereocenters. The minimum atomic E-state index is -0.204. The summed E-state index contributed by atoms with van der Waals surface area (Å²) in [7, 11) is 2.26. The topological polar surface area (TPSA) is 70.3 Å². The minimum Gasteiger partial charge on any atom is -0.393 e. The van der Waals surface area contributed by atoms with E-state index in [9.17, 15) is 5.11 Å². The molecule has 0 radical (unpaired) electrons. The summed E-state index contributed by atoms with van der Waals surface area (Å²) in [5, 5.41) is 10.1. The quantitative estimate of drug-likeness (QED) is 0.858. The highest BCUT2D eigenvalue weighted by molar-refractivity contribution is 5.83. The van der Waals surface area contributed by atoms with E-state index >= 15 is 0 Å². The van der Waals surface area contributed by atoms with Crippen molar-refractivity contribution in [1.82, 2.24) is 24.4 Å². The lowest BCUT2D eigenvalue weighted by Crippen LogP contribution is -2.48. The monoisotopic (exact) mass is 384 g/mol. The molecule has 7 heteroatoms. The number of imidazole rings is 1. The second kappa shape index (κ2) is 7.26. The fourth-order valence-electron chi connectivity index (χ4n) is 5.79. The third kappa shape index (κ3) is 3.28. The molecule has 0 bridgehead atoms. The van der Waals surface area contributed by atoms with E-state index in [1.807, 2.05) is 6.33 Å². The van der Waals surface area contributed by atoms with Crippen molar-refractivity contribution in [2.75, 3.05) is 38.1 Å². The van der Waals surface area contributed by atoms with Crippen LogP contribution in [0.3, 0.4) is 0 Å². The normalized spacial score (nSPS) is 28.9. The van der Waals surface area contributed by atoms with E-state index in [0.29, 0.717) is 11.5 Å². The third-order valence-corrected chi connectivity index (χ3v) is 7.33. The van der Waals surface area contributed by atoms with Crippen molar-refractivity contribution in [2.45, 2.75) is 63.5 Å². The molecular weight excluding hydrogens is 352 g/mol. The van der Waals surface area contributed by atoms with Crippen molar-refractivity contribution in [2.24, 2.45) is 5.41 Å². The first-order valence-corrected chi connectivity index (χ1v) is 10.9. The van der Waals surface area contributed by atoms with E-state index in [0.717, 1.165) is 55.8 Å². The largest absolute Gasteiger partial charge is 0.393 e. The number of rotatable bonds is 2. The van der Waals surface area contributed by atoms with Gasteiger partial charge < -0.3 is 19.5 Å². The van der Waals surface area contributed by atoms with Crippen molar-refractivity contribution in [3.63, 3.8) is 0 Å². The summed E-state index contributed by atoms with van der Waals surface area (Å²) in [4.78, 5) is 18.8. The van der Waals surface area contributed by atoms with E-state index in [4.69, 9.17) is 4.98 Å². The number of piperidine rings is 2. The van der Waals surface area contributed by atoms with Gasteiger partial charge in [-0.25, -0.2) is 15.0 Å². The lowest BCUT2D eigenvalue weighted by atomic mass is 9.72. The number of hydrogen-bond donors (Lipinski definition) is 1. The number of fused-ring (bicyclic) bond motifs is 1. The lowest BCUT2D eigenvalue weighted by Gasteiger charge is -2.47. The molecule has 1 saturated carbocycles. The first-order valence-electron chi connectivity index (χ1n) is 10.9. The highest BCUT2D eigenvalue weighted by Gasteiger charge is 2.38. The van der Waals surface area contributed by atoms with Crippen LogP contribution in [0.2, 0.25) is 0 Å². The van der Waals surface area contributed by atoms with Crippen LogP contribution in [0.4, 0.5) is 5.82 Å².